The van der Waals surface area contributed by atoms with E-state index in [0.29, 0.717) is 28.4 Å². The monoisotopic (exact) mass is 449 g/mol. The van der Waals surface area contributed by atoms with Crippen molar-refractivity contribution >= 4 is 29.4 Å². The van der Waals surface area contributed by atoms with Crippen LogP contribution in [0.2, 0.25) is 5.02 Å². The number of rotatable bonds is 6. The third kappa shape index (κ3) is 4.50. The standard InChI is InChI=1S/C25H20ClNO5/c1-31-25(30)22(27-15-18-4-2-3-5-21(18)23(27)28)14-16-6-12-20(13-7-16)32-24(29)17-8-10-19(26)11-9-17/h2-13,22H,14-15H2,1H3/t22-/m0/s1. The van der Waals surface area contributed by atoms with Crippen LogP contribution in [0.1, 0.15) is 31.8 Å². The molecule has 7 heteroatoms. The molecule has 0 unspecified atom stereocenters. The molecule has 1 amide bonds. The first-order valence-electron chi connectivity index (χ1n) is 9.99. The molecule has 1 aliphatic heterocycles. The van der Waals surface area contributed by atoms with E-state index in [1.165, 1.54) is 12.0 Å². The highest BCUT2D eigenvalue weighted by atomic mass is 35.5. The lowest BCUT2D eigenvalue weighted by Crippen LogP contribution is -2.43. The van der Waals surface area contributed by atoms with Crippen molar-refractivity contribution in [1.29, 1.82) is 0 Å². The number of hydrogen-bond acceptors (Lipinski definition) is 5. The van der Waals surface area contributed by atoms with Gasteiger partial charge in [0.15, 0.2) is 0 Å². The van der Waals surface area contributed by atoms with Crippen LogP contribution in [-0.2, 0) is 22.5 Å². The summed E-state index contributed by atoms with van der Waals surface area (Å²) in [4.78, 5) is 39.1. The van der Waals surface area contributed by atoms with Gasteiger partial charge in [0.05, 0.1) is 12.7 Å². The molecule has 0 aliphatic carbocycles. The molecule has 1 atom stereocenters. The summed E-state index contributed by atoms with van der Waals surface area (Å²) in [6, 6.07) is 19.8. The SMILES string of the molecule is COC(=O)[C@H](Cc1ccc(OC(=O)c2ccc(Cl)cc2)cc1)N1Cc2ccccc2C1=O. The molecule has 162 valence electrons. The second-order valence-electron chi connectivity index (χ2n) is 7.37. The van der Waals surface area contributed by atoms with Crippen molar-refractivity contribution in [2.45, 2.75) is 19.0 Å². The number of benzene rings is 3. The van der Waals surface area contributed by atoms with E-state index in [9.17, 15) is 14.4 Å². The Hall–Kier alpha value is -3.64. The van der Waals surface area contributed by atoms with Gasteiger partial charge in [0, 0.05) is 23.6 Å². The van der Waals surface area contributed by atoms with Crippen molar-refractivity contribution in [2.75, 3.05) is 7.11 Å². The zero-order valence-corrected chi connectivity index (χ0v) is 18.0. The first kappa shape index (κ1) is 21.6. The molecule has 1 aliphatic rings. The summed E-state index contributed by atoms with van der Waals surface area (Å²) in [7, 11) is 1.31. The Morgan fingerprint density at radius 3 is 2.34 bits per heavy atom. The van der Waals surface area contributed by atoms with Crippen molar-refractivity contribution < 1.29 is 23.9 Å². The van der Waals surface area contributed by atoms with Crippen molar-refractivity contribution in [3.63, 3.8) is 0 Å². The Kier molecular flexibility index (Phi) is 6.23. The van der Waals surface area contributed by atoms with E-state index in [4.69, 9.17) is 21.1 Å². The largest absolute Gasteiger partial charge is 0.467 e. The predicted molar refractivity (Wildman–Crippen MR) is 119 cm³/mol. The normalized spacial score (nSPS) is 13.4. The van der Waals surface area contributed by atoms with Crippen LogP contribution >= 0.6 is 11.6 Å². The van der Waals surface area contributed by atoms with Crippen molar-refractivity contribution in [3.8, 4) is 5.75 Å². The van der Waals surface area contributed by atoms with Crippen molar-refractivity contribution in [2.24, 2.45) is 0 Å². The molecule has 0 saturated heterocycles. The fourth-order valence-electron chi connectivity index (χ4n) is 3.65. The summed E-state index contributed by atoms with van der Waals surface area (Å²) < 4.78 is 10.4. The Morgan fingerprint density at radius 1 is 1.00 bits per heavy atom. The van der Waals surface area contributed by atoms with Gasteiger partial charge >= 0.3 is 11.9 Å². The Morgan fingerprint density at radius 2 is 1.69 bits per heavy atom. The maximum absolute atomic E-state index is 12.8. The second-order valence-corrected chi connectivity index (χ2v) is 7.81. The van der Waals surface area contributed by atoms with Gasteiger partial charge in [-0.15, -0.1) is 0 Å². The Bertz CT molecular complexity index is 1160. The number of carbonyl (C=O) groups is 3. The lowest BCUT2D eigenvalue weighted by molar-refractivity contribution is -0.146. The number of hydrogen-bond donors (Lipinski definition) is 0. The van der Waals surface area contributed by atoms with Crippen LogP contribution in [0.4, 0.5) is 0 Å². The lowest BCUT2D eigenvalue weighted by Gasteiger charge is -2.25. The molecule has 0 saturated carbocycles. The fourth-order valence-corrected chi connectivity index (χ4v) is 3.78. The molecular formula is C25H20ClNO5. The average molecular weight is 450 g/mol. The van der Waals surface area contributed by atoms with Crippen LogP contribution in [0, 0.1) is 0 Å². The molecule has 0 spiro atoms. The molecule has 0 radical (unpaired) electrons. The fraction of sp³-hybridized carbons (Fsp3) is 0.160. The number of amides is 1. The van der Waals surface area contributed by atoms with Gasteiger partial charge in [-0.1, -0.05) is 41.9 Å². The van der Waals surface area contributed by atoms with E-state index in [-0.39, 0.29) is 12.3 Å². The van der Waals surface area contributed by atoms with Gasteiger partial charge in [-0.3, -0.25) is 4.79 Å². The molecule has 0 N–H and O–H groups in total. The topological polar surface area (TPSA) is 72.9 Å². The van der Waals surface area contributed by atoms with Gasteiger partial charge in [0.1, 0.15) is 11.8 Å². The summed E-state index contributed by atoms with van der Waals surface area (Å²) >= 11 is 5.84. The minimum atomic E-state index is -0.762. The number of methoxy groups -OCH3 is 1. The summed E-state index contributed by atoms with van der Waals surface area (Å²) in [5.74, 6) is -0.802. The third-order valence-electron chi connectivity index (χ3n) is 5.34. The average Bonchev–Trinajstić information content (AvgIpc) is 3.14. The van der Waals surface area contributed by atoms with Gasteiger partial charge in [-0.05, 0) is 53.6 Å². The lowest BCUT2D eigenvalue weighted by atomic mass is 10.0. The highest BCUT2D eigenvalue weighted by Crippen LogP contribution is 2.27. The molecule has 3 aromatic rings. The summed E-state index contributed by atoms with van der Waals surface area (Å²) in [6.07, 6.45) is 0.276. The molecule has 6 nitrogen and oxygen atoms in total. The van der Waals surface area contributed by atoms with Gasteiger partial charge in [0.25, 0.3) is 5.91 Å². The Labute approximate surface area is 190 Å². The van der Waals surface area contributed by atoms with Crippen LogP contribution in [0.5, 0.6) is 5.75 Å². The van der Waals surface area contributed by atoms with Crippen molar-refractivity contribution in [1.82, 2.24) is 4.90 Å². The van der Waals surface area contributed by atoms with Gasteiger partial charge in [0.2, 0.25) is 0 Å². The van der Waals surface area contributed by atoms with E-state index in [0.717, 1.165) is 11.1 Å². The molecule has 32 heavy (non-hydrogen) atoms. The van der Waals surface area contributed by atoms with Crippen LogP contribution in [0.3, 0.4) is 0 Å². The first-order chi connectivity index (χ1) is 15.5. The summed E-state index contributed by atoms with van der Waals surface area (Å²) in [5.41, 5.74) is 2.67. The van der Waals surface area contributed by atoms with Crippen LogP contribution in [0.25, 0.3) is 0 Å². The quantitative estimate of drug-likeness (QED) is 0.414. The molecule has 4 rings (SSSR count). The smallest absolute Gasteiger partial charge is 0.343 e. The zero-order valence-electron chi connectivity index (χ0n) is 17.3. The highest BCUT2D eigenvalue weighted by molar-refractivity contribution is 6.30. The van der Waals surface area contributed by atoms with Crippen molar-refractivity contribution in [3.05, 3.63) is 100 Å². The third-order valence-corrected chi connectivity index (χ3v) is 5.59. The number of fused-ring (bicyclic) bond motifs is 1. The van der Waals surface area contributed by atoms with E-state index >= 15 is 0 Å². The molecule has 3 aromatic carbocycles. The van der Waals surface area contributed by atoms with E-state index in [2.05, 4.69) is 0 Å². The predicted octanol–water partition coefficient (Wildman–Crippen LogP) is 4.30. The van der Waals surface area contributed by atoms with Crippen LogP contribution in [0.15, 0.2) is 72.8 Å². The zero-order chi connectivity index (χ0) is 22.7. The first-order valence-corrected chi connectivity index (χ1v) is 10.4. The molecular weight excluding hydrogens is 430 g/mol. The van der Waals surface area contributed by atoms with Gasteiger partial charge in [-0.25, -0.2) is 9.59 Å². The van der Waals surface area contributed by atoms with Gasteiger partial charge < -0.3 is 14.4 Å². The van der Waals surface area contributed by atoms with E-state index in [1.54, 1.807) is 60.7 Å². The summed E-state index contributed by atoms with van der Waals surface area (Å²) in [6.45, 7) is 0.353. The minimum Gasteiger partial charge on any atom is -0.467 e. The number of carbonyl (C=O) groups excluding carboxylic acids is 3. The van der Waals surface area contributed by atoms with E-state index in [1.807, 2.05) is 12.1 Å². The maximum atomic E-state index is 12.8. The Balaban J connectivity index is 1.47. The number of ether oxygens (including phenoxy) is 2. The van der Waals surface area contributed by atoms with Crippen LogP contribution < -0.4 is 4.74 Å². The minimum absolute atomic E-state index is 0.190. The highest BCUT2D eigenvalue weighted by Gasteiger charge is 2.36. The van der Waals surface area contributed by atoms with Gasteiger partial charge in [-0.2, -0.15) is 0 Å². The molecule has 0 fully saturated rings. The van der Waals surface area contributed by atoms with Crippen LogP contribution in [-0.4, -0.2) is 35.9 Å². The molecule has 0 aromatic heterocycles. The van der Waals surface area contributed by atoms with E-state index < -0.39 is 18.0 Å². The number of halogens is 1. The second kappa shape index (κ2) is 9.24. The molecule has 1 heterocycles. The number of esters is 2. The maximum Gasteiger partial charge on any atom is 0.343 e. The summed E-state index contributed by atoms with van der Waals surface area (Å²) in [5, 5.41) is 0.533. The molecule has 0 bridgehead atoms. The number of nitrogens with zero attached hydrogens (tertiary/aromatic N) is 1.